The number of phenols is 1. The van der Waals surface area contributed by atoms with Crippen LogP contribution < -0.4 is 21.9 Å². The van der Waals surface area contributed by atoms with Crippen LogP contribution in [0.5, 0.6) is 5.75 Å². The number of halogens is 12. The van der Waals surface area contributed by atoms with Gasteiger partial charge in [-0.3, -0.25) is 0 Å². The van der Waals surface area contributed by atoms with E-state index in [0.29, 0.717) is 54.3 Å². The van der Waals surface area contributed by atoms with Crippen molar-refractivity contribution in [3.8, 4) is 16.9 Å². The minimum atomic E-state index is -4.77. The van der Waals surface area contributed by atoms with Gasteiger partial charge in [-0.2, -0.15) is 74.5 Å². The summed E-state index contributed by atoms with van der Waals surface area (Å²) in [7, 11) is -2.57. The highest BCUT2D eigenvalue weighted by atomic mass is 32.2. The minimum absolute atomic E-state index is 0.0114. The van der Waals surface area contributed by atoms with Crippen molar-refractivity contribution in [3.05, 3.63) is 215 Å². The second-order valence-corrected chi connectivity index (χ2v) is 17.1. The highest BCUT2D eigenvalue weighted by molar-refractivity contribution is 8.06. The molecule has 1 N–H and O–H groups in total. The third kappa shape index (κ3) is 11.3. The molecule has 0 aliphatic heterocycles. The predicted octanol–water partition coefficient (Wildman–Crippen LogP) is 11.6. The van der Waals surface area contributed by atoms with Gasteiger partial charge < -0.3 is 5.11 Å². The topological polar surface area (TPSA) is 37.3 Å². The van der Waals surface area contributed by atoms with Crippen molar-refractivity contribution >= 4 is 37.9 Å². The van der Waals surface area contributed by atoms with Crippen LogP contribution in [0.15, 0.2) is 187 Å². The Balaban J connectivity index is 0.000000247. The quantitative estimate of drug-likeness (QED) is 0.0749. The fourth-order valence-corrected chi connectivity index (χ4v) is 9.20. The van der Waals surface area contributed by atoms with Crippen molar-refractivity contribution in [2.45, 2.75) is 35.4 Å². The van der Waals surface area contributed by atoms with E-state index < -0.39 is 63.0 Å². The summed E-state index contributed by atoms with van der Waals surface area (Å²) in [6.45, 7) is 0. The van der Waals surface area contributed by atoms with E-state index in [-0.39, 0.29) is 27.6 Å². The van der Waals surface area contributed by atoms with E-state index in [1.807, 2.05) is 60.7 Å². The molecule has 16 heteroatoms. The Morgan fingerprint density at radius 2 is 0.723 bits per heavy atom. The molecule has 0 aliphatic rings. The summed E-state index contributed by atoms with van der Waals surface area (Å²) in [5.41, 5.74) is -2.58. The molecule has 65 heavy (non-hydrogen) atoms. The van der Waals surface area contributed by atoms with E-state index in [2.05, 4.69) is 11.2 Å². The summed E-state index contributed by atoms with van der Waals surface area (Å²) in [6, 6.07) is 39.2. The van der Waals surface area contributed by atoms with Gasteiger partial charge >= 0.3 is 24.7 Å². The van der Waals surface area contributed by atoms with Gasteiger partial charge in [0.05, 0.1) is 22.3 Å². The molecule has 0 radical (unpaired) electrons. The number of phenolic OH excluding ortho intramolecular Hbond substituents is 1. The van der Waals surface area contributed by atoms with Gasteiger partial charge in [0, 0.05) is 11.1 Å². The van der Waals surface area contributed by atoms with Crippen LogP contribution in [0.2, 0.25) is 0 Å². The number of alkyl halides is 12. The molecule has 0 spiro atoms. The molecule has 2 nitrogen and oxygen atoms in total. The summed E-state index contributed by atoms with van der Waals surface area (Å²) >= 11 is 0. The van der Waals surface area contributed by atoms with Crippen LogP contribution in [-0.2, 0) is 44.6 Å². The first-order chi connectivity index (χ1) is 30.5. The molecule has 0 fully saturated rings. The molecular formula is C49H33BF12O2S. The Kier molecular flexibility index (Phi) is 13.8. The smallest absolute Gasteiger partial charge is 0.416 e. The number of hydrogen-bond acceptors (Lipinski definition) is 2. The molecule has 1 unspecified atom stereocenters. The normalized spacial score (nSPS) is 13.1. The lowest BCUT2D eigenvalue weighted by molar-refractivity contribution is -0.138. The molecule has 334 valence electrons. The Hall–Kier alpha value is -6.73. The van der Waals surface area contributed by atoms with Crippen molar-refractivity contribution in [2.24, 2.45) is 0 Å². The first-order valence-electron chi connectivity index (χ1n) is 19.3. The van der Waals surface area contributed by atoms with Crippen molar-refractivity contribution < 1.29 is 62.0 Å². The highest BCUT2D eigenvalue weighted by Crippen LogP contribution is 2.33. The van der Waals surface area contributed by atoms with Crippen LogP contribution in [-0.4, -0.2) is 11.3 Å². The number of rotatable bonds is 7. The Labute approximate surface area is 366 Å². The van der Waals surface area contributed by atoms with Crippen molar-refractivity contribution in [2.75, 3.05) is 0 Å². The lowest BCUT2D eigenvalue weighted by Gasteiger charge is -2.44. The Bertz CT molecular complexity index is 2540. The average Bonchev–Trinajstić information content (AvgIpc) is 3.27. The van der Waals surface area contributed by atoms with Crippen LogP contribution in [0, 0.1) is 11.2 Å². The van der Waals surface area contributed by atoms with Gasteiger partial charge in [0.15, 0.2) is 25.8 Å². The summed E-state index contributed by atoms with van der Waals surface area (Å²) in [6.07, 6.45) is -22.0. The molecule has 7 rings (SSSR count). The maximum Gasteiger partial charge on any atom is 0.416 e. The third-order valence-electron chi connectivity index (χ3n) is 10.5. The monoisotopic (exact) mass is 924 g/mol. The van der Waals surface area contributed by atoms with Gasteiger partial charge in [-0.25, -0.2) is 0 Å². The summed E-state index contributed by atoms with van der Waals surface area (Å²) in [5.74, 6) is 3.55. The number of aromatic hydroxyl groups is 1. The van der Waals surface area contributed by atoms with Crippen LogP contribution in [0.4, 0.5) is 52.7 Å². The highest BCUT2D eigenvalue weighted by Gasteiger charge is 2.38. The summed E-state index contributed by atoms with van der Waals surface area (Å²) in [5, 5.41) is 12.4. The predicted molar refractivity (Wildman–Crippen MR) is 228 cm³/mol. The van der Waals surface area contributed by atoms with Crippen LogP contribution >= 0.6 is 0 Å². The largest absolute Gasteiger partial charge is 0.508 e. The standard InChI is InChI=1S/C28H16BF12.C21H16O2S/c30-25(31,32)17-1-9-21(10-2-17)29(22-11-3-18(4-12-22)26(33,34)35,23-13-5-19(6-14-23)27(36,37)38)24-15-7-20(8-16-24)28(39,40)41;22-20-13-11-19(12-14-20)17-24(23,21-9-5-2-6-10-21)16-15-18-7-3-1-4-8-18/h1-16H;1-14H,17H2/q-1;/p+1. The lowest BCUT2D eigenvalue weighted by Crippen LogP contribution is -2.74. The van der Waals surface area contributed by atoms with E-state index in [0.717, 1.165) is 64.6 Å². The third-order valence-corrected chi connectivity index (χ3v) is 12.7. The zero-order chi connectivity index (χ0) is 47.3. The molecule has 0 bridgehead atoms. The average molecular weight is 925 g/mol. The summed E-state index contributed by atoms with van der Waals surface area (Å²) < 4.78 is 174. The van der Waals surface area contributed by atoms with Crippen molar-refractivity contribution in [1.82, 2.24) is 0 Å². The second kappa shape index (κ2) is 18.8. The second-order valence-electron chi connectivity index (χ2n) is 14.7. The molecule has 1 atom stereocenters. The maximum absolute atomic E-state index is 13.6. The number of hydrogen-bond donors (Lipinski definition) is 1. The van der Waals surface area contributed by atoms with Crippen LogP contribution in [0.25, 0.3) is 0 Å². The van der Waals surface area contributed by atoms with E-state index in [1.165, 1.54) is 0 Å². The first kappa shape index (κ1) is 47.7. The molecule has 0 aliphatic carbocycles. The van der Waals surface area contributed by atoms with Crippen molar-refractivity contribution in [1.29, 1.82) is 0 Å². The van der Waals surface area contributed by atoms with Gasteiger partial charge in [-0.05, 0) is 42.3 Å². The van der Waals surface area contributed by atoms with Gasteiger partial charge in [0.1, 0.15) is 11.9 Å². The van der Waals surface area contributed by atoms with Crippen molar-refractivity contribution in [3.63, 3.8) is 0 Å². The molecule has 0 saturated carbocycles. The zero-order valence-corrected chi connectivity index (χ0v) is 34.2. The van der Waals surface area contributed by atoms with Gasteiger partial charge in [-0.15, -0.1) is 0 Å². The molecular weight excluding hydrogens is 891 g/mol. The van der Waals surface area contributed by atoms with E-state index in [4.69, 9.17) is 0 Å². The SMILES string of the molecule is FC(F)(F)c1ccc([B-](c2ccc(C(F)(F)F)cc2)(c2ccc(C(F)(F)F)cc2)c2ccc(C(F)(F)F)cc2)cc1.O=[S+](C#Cc1ccccc1)(Cc1ccc(O)cc1)c1ccccc1. The molecule has 0 aromatic heterocycles. The molecule has 0 saturated heterocycles. The van der Waals surface area contributed by atoms with Gasteiger partial charge in [-0.1, -0.05) is 150 Å². The fourth-order valence-electron chi connectivity index (χ4n) is 7.31. The molecule has 7 aromatic carbocycles. The Morgan fingerprint density at radius 3 is 1.03 bits per heavy atom. The maximum atomic E-state index is 13.6. The molecule has 0 heterocycles. The fraction of sp³-hybridized carbons (Fsp3) is 0.102. The van der Waals surface area contributed by atoms with Crippen LogP contribution in [0.3, 0.4) is 0 Å². The minimum Gasteiger partial charge on any atom is -0.508 e. The molecule has 7 aromatic rings. The lowest BCUT2D eigenvalue weighted by atomic mass is 9.13. The van der Waals surface area contributed by atoms with E-state index in [1.54, 1.807) is 24.3 Å². The van der Waals surface area contributed by atoms with E-state index >= 15 is 0 Å². The van der Waals surface area contributed by atoms with Gasteiger partial charge in [0.2, 0.25) is 0 Å². The molecule has 0 amide bonds. The van der Waals surface area contributed by atoms with Crippen LogP contribution in [0.1, 0.15) is 33.4 Å². The Morgan fingerprint density at radius 1 is 0.415 bits per heavy atom. The van der Waals surface area contributed by atoms with E-state index in [9.17, 15) is 62.0 Å². The van der Waals surface area contributed by atoms with Gasteiger partial charge in [0.25, 0.3) is 0 Å². The number of benzene rings is 7. The first-order valence-corrected chi connectivity index (χ1v) is 21.0. The summed E-state index contributed by atoms with van der Waals surface area (Å²) in [4.78, 5) is 0.724. The zero-order valence-electron chi connectivity index (χ0n) is 33.4.